The number of amides is 1. The highest BCUT2D eigenvalue weighted by Crippen LogP contribution is 2.27. The molecule has 0 spiro atoms. The van der Waals surface area contributed by atoms with Gasteiger partial charge in [-0.3, -0.25) is 4.79 Å². The smallest absolute Gasteiger partial charge is 0.243 e. The van der Waals surface area contributed by atoms with Gasteiger partial charge in [-0.15, -0.1) is 0 Å². The summed E-state index contributed by atoms with van der Waals surface area (Å²) in [7, 11) is -7.82. The predicted molar refractivity (Wildman–Crippen MR) is 167 cm³/mol. The van der Waals surface area contributed by atoms with Gasteiger partial charge >= 0.3 is 0 Å². The average molecular weight is 671 g/mol. The van der Waals surface area contributed by atoms with E-state index in [1.807, 2.05) is 0 Å². The Hall–Kier alpha value is -4.31. The van der Waals surface area contributed by atoms with Crippen molar-refractivity contribution in [3.05, 3.63) is 102 Å². The second-order valence-electron chi connectivity index (χ2n) is 10.7. The number of alkyl halides is 1. The lowest BCUT2D eigenvalue weighted by Crippen LogP contribution is -2.45. The zero-order valence-corrected chi connectivity index (χ0v) is 26.2. The number of halogens is 2. The van der Waals surface area contributed by atoms with E-state index < -0.39 is 44.5 Å². The van der Waals surface area contributed by atoms with Crippen LogP contribution in [0.25, 0.3) is 11.3 Å². The number of carbonyl (C=O) groups is 1. The second-order valence-corrected chi connectivity index (χ2v) is 14.2. The summed E-state index contributed by atoms with van der Waals surface area (Å²) in [4.78, 5) is 22.3. The van der Waals surface area contributed by atoms with Crippen LogP contribution in [0.15, 0.2) is 88.7 Å². The van der Waals surface area contributed by atoms with Gasteiger partial charge in [-0.1, -0.05) is 36.4 Å². The van der Waals surface area contributed by atoms with Gasteiger partial charge in [-0.05, 0) is 72.9 Å². The fourth-order valence-electron chi connectivity index (χ4n) is 5.07. The van der Waals surface area contributed by atoms with Gasteiger partial charge in [0, 0.05) is 18.7 Å². The number of rotatable bonds is 12. The van der Waals surface area contributed by atoms with Gasteiger partial charge in [0.15, 0.2) is 0 Å². The summed E-state index contributed by atoms with van der Waals surface area (Å²) in [6.07, 6.45) is 1.33. The molecule has 242 valence electrons. The molecule has 46 heavy (non-hydrogen) atoms. The molecule has 1 aliphatic rings. The molecule has 0 aliphatic carbocycles. The molecular formula is C31H32F2N6O5S2. The summed E-state index contributed by atoms with van der Waals surface area (Å²) >= 11 is 0. The highest BCUT2D eigenvalue weighted by molar-refractivity contribution is 7.89. The fraction of sp³-hybridized carbons (Fsp3) is 0.258. The van der Waals surface area contributed by atoms with Crippen LogP contribution in [0.2, 0.25) is 0 Å². The standard InChI is InChI=1S/C31H32F2N6O5S2/c32-19-22-3-7-23(8-4-22)28-18-25(37-31(38-28)35-16-15-21-5-11-26(12-6-21)45(34,41)42)20-36-30(40)29-2-1-17-39(29)46(43,44)27-13-9-24(33)10-14-27/h3-14,18,29H,1-2,15-17,19-20H2,(H,36,40)(H2,34,41,42)(H,35,37,38)/t29-/m0/s1. The predicted octanol–water partition coefficient (Wildman–Crippen LogP) is 3.52. The monoisotopic (exact) mass is 670 g/mol. The molecule has 5 rings (SSSR count). The Labute approximate surface area is 266 Å². The molecule has 1 amide bonds. The Morgan fingerprint density at radius 3 is 2.22 bits per heavy atom. The van der Waals surface area contributed by atoms with Crippen molar-refractivity contribution in [3.8, 4) is 11.3 Å². The minimum absolute atomic E-state index is 0.0134. The molecule has 0 unspecified atom stereocenters. The number of sulfonamides is 2. The zero-order chi connectivity index (χ0) is 32.9. The van der Waals surface area contributed by atoms with E-state index in [9.17, 15) is 30.4 Å². The van der Waals surface area contributed by atoms with Crippen molar-refractivity contribution in [1.82, 2.24) is 19.6 Å². The van der Waals surface area contributed by atoms with Gasteiger partial charge in [0.05, 0.1) is 27.7 Å². The van der Waals surface area contributed by atoms with Crippen molar-refractivity contribution in [2.24, 2.45) is 5.14 Å². The molecule has 0 saturated carbocycles. The number of nitrogens with one attached hydrogen (secondary N) is 2. The molecule has 1 saturated heterocycles. The molecule has 15 heteroatoms. The first-order chi connectivity index (χ1) is 21.9. The minimum Gasteiger partial charge on any atom is -0.354 e. The number of carbonyl (C=O) groups excluding carboxylic acids is 1. The van der Waals surface area contributed by atoms with Gasteiger partial charge in [-0.2, -0.15) is 4.31 Å². The SMILES string of the molecule is NS(=O)(=O)c1ccc(CCNc2nc(CNC(=O)[C@@H]3CCCN3S(=O)(=O)c3ccc(F)cc3)cc(-c3ccc(CF)cc3)n2)cc1. The maximum Gasteiger partial charge on any atom is 0.243 e. The molecule has 2 heterocycles. The van der Waals surface area contributed by atoms with E-state index >= 15 is 0 Å². The first-order valence-corrected chi connectivity index (χ1v) is 17.4. The minimum atomic E-state index is -4.02. The van der Waals surface area contributed by atoms with Crippen molar-refractivity contribution in [3.63, 3.8) is 0 Å². The molecule has 4 N–H and O–H groups in total. The summed E-state index contributed by atoms with van der Waals surface area (Å²) in [6, 6.07) is 18.2. The van der Waals surface area contributed by atoms with Crippen LogP contribution in [0.3, 0.4) is 0 Å². The average Bonchev–Trinajstić information content (AvgIpc) is 3.55. The fourth-order valence-corrected chi connectivity index (χ4v) is 7.24. The third-order valence-corrected chi connectivity index (χ3v) is 10.4. The Kier molecular flexibility index (Phi) is 10.1. The van der Waals surface area contributed by atoms with Crippen molar-refractivity contribution >= 4 is 31.9 Å². The Morgan fingerprint density at radius 2 is 1.57 bits per heavy atom. The highest BCUT2D eigenvalue weighted by Gasteiger charge is 2.39. The topological polar surface area (TPSA) is 164 Å². The van der Waals surface area contributed by atoms with Crippen LogP contribution >= 0.6 is 0 Å². The van der Waals surface area contributed by atoms with E-state index in [0.29, 0.717) is 48.3 Å². The quantitative estimate of drug-likeness (QED) is 0.206. The largest absolute Gasteiger partial charge is 0.354 e. The van der Waals surface area contributed by atoms with Crippen molar-refractivity contribution in [2.75, 3.05) is 18.4 Å². The molecule has 1 aliphatic heterocycles. The van der Waals surface area contributed by atoms with Crippen molar-refractivity contribution < 1.29 is 30.4 Å². The molecule has 3 aromatic carbocycles. The van der Waals surface area contributed by atoms with Crippen LogP contribution in [0, 0.1) is 5.82 Å². The van der Waals surface area contributed by atoms with E-state index in [1.54, 1.807) is 42.5 Å². The van der Waals surface area contributed by atoms with Crippen LogP contribution in [0.5, 0.6) is 0 Å². The number of nitrogens with two attached hydrogens (primary N) is 1. The summed E-state index contributed by atoms with van der Waals surface area (Å²) in [5.41, 5.74) is 3.02. The van der Waals surface area contributed by atoms with Gasteiger partial charge in [0.25, 0.3) is 0 Å². The molecule has 1 fully saturated rings. The van der Waals surface area contributed by atoms with Gasteiger partial charge in [0.1, 0.15) is 18.5 Å². The van der Waals surface area contributed by atoms with Gasteiger partial charge < -0.3 is 10.6 Å². The van der Waals surface area contributed by atoms with Crippen LogP contribution in [-0.2, 0) is 44.5 Å². The summed E-state index contributed by atoms with van der Waals surface area (Å²) in [6.45, 7) is -0.0881. The van der Waals surface area contributed by atoms with Crippen LogP contribution in [0.4, 0.5) is 14.7 Å². The molecule has 1 aromatic heterocycles. The van der Waals surface area contributed by atoms with E-state index in [4.69, 9.17) is 5.14 Å². The number of anilines is 1. The number of hydrogen-bond donors (Lipinski definition) is 3. The molecule has 1 atom stereocenters. The lowest BCUT2D eigenvalue weighted by atomic mass is 10.1. The zero-order valence-electron chi connectivity index (χ0n) is 24.6. The molecular weight excluding hydrogens is 639 g/mol. The van der Waals surface area contributed by atoms with Crippen molar-refractivity contribution in [2.45, 2.75) is 48.3 Å². The van der Waals surface area contributed by atoms with Crippen LogP contribution in [0.1, 0.15) is 29.7 Å². The van der Waals surface area contributed by atoms with Gasteiger partial charge in [0.2, 0.25) is 31.9 Å². The van der Waals surface area contributed by atoms with Crippen LogP contribution in [-0.4, -0.2) is 56.1 Å². The first kappa shape index (κ1) is 33.1. The highest BCUT2D eigenvalue weighted by atomic mass is 32.2. The van der Waals surface area contributed by atoms with E-state index in [2.05, 4.69) is 20.6 Å². The normalized spacial score (nSPS) is 15.5. The summed E-state index contributed by atoms with van der Waals surface area (Å²) in [5, 5.41) is 11.1. The number of hydrogen-bond acceptors (Lipinski definition) is 8. The lowest BCUT2D eigenvalue weighted by molar-refractivity contribution is -0.124. The maximum atomic E-state index is 13.4. The molecule has 11 nitrogen and oxygen atoms in total. The number of nitrogens with zero attached hydrogens (tertiary/aromatic N) is 3. The molecule has 0 bridgehead atoms. The summed E-state index contributed by atoms with van der Waals surface area (Å²) in [5.74, 6) is -0.795. The Morgan fingerprint density at radius 1 is 0.913 bits per heavy atom. The summed E-state index contributed by atoms with van der Waals surface area (Å²) < 4.78 is 77.1. The van der Waals surface area contributed by atoms with E-state index in [1.165, 1.54) is 24.3 Å². The van der Waals surface area contributed by atoms with E-state index in [-0.39, 0.29) is 28.8 Å². The Bertz CT molecular complexity index is 1910. The van der Waals surface area contributed by atoms with E-state index in [0.717, 1.165) is 22.0 Å². The van der Waals surface area contributed by atoms with Crippen molar-refractivity contribution in [1.29, 1.82) is 0 Å². The Balaban J connectivity index is 1.31. The molecule has 4 aromatic rings. The van der Waals surface area contributed by atoms with Gasteiger partial charge in [-0.25, -0.2) is 40.7 Å². The second kappa shape index (κ2) is 14.0. The maximum absolute atomic E-state index is 13.4. The number of aromatic nitrogens is 2. The first-order valence-electron chi connectivity index (χ1n) is 14.4. The third kappa shape index (κ3) is 7.91. The third-order valence-electron chi connectivity index (χ3n) is 7.50. The number of benzene rings is 3. The number of primary sulfonamides is 1. The molecule has 0 radical (unpaired) electrons. The lowest BCUT2D eigenvalue weighted by Gasteiger charge is -2.23. The van der Waals surface area contributed by atoms with Crippen LogP contribution < -0.4 is 15.8 Å².